The number of hydrogen-bond donors (Lipinski definition) is 1. The van der Waals surface area contributed by atoms with Crippen LogP contribution in [0.4, 0.5) is 8.78 Å². The van der Waals surface area contributed by atoms with E-state index in [0.29, 0.717) is 5.75 Å². The molecule has 4 nitrogen and oxygen atoms in total. The SMILES string of the molecule is COc1ccc(C(=O)O)cc1OCc1cccc(F)c1F. The number of methoxy groups -OCH3 is 1. The van der Waals surface area contributed by atoms with Crippen molar-refractivity contribution in [2.45, 2.75) is 6.61 Å². The number of rotatable bonds is 5. The predicted molar refractivity (Wildman–Crippen MR) is 70.6 cm³/mol. The van der Waals surface area contributed by atoms with Gasteiger partial charge >= 0.3 is 5.97 Å². The van der Waals surface area contributed by atoms with Crippen molar-refractivity contribution in [3.8, 4) is 11.5 Å². The summed E-state index contributed by atoms with van der Waals surface area (Å²) in [5, 5.41) is 8.93. The summed E-state index contributed by atoms with van der Waals surface area (Å²) in [5.41, 5.74) is 0.0308. The smallest absolute Gasteiger partial charge is 0.335 e. The molecule has 0 unspecified atom stereocenters. The average Bonchev–Trinajstić information content (AvgIpc) is 2.48. The first kappa shape index (κ1) is 14.8. The summed E-state index contributed by atoms with van der Waals surface area (Å²) in [6, 6.07) is 7.80. The maximum absolute atomic E-state index is 13.5. The molecular weight excluding hydrogens is 282 g/mol. The quantitative estimate of drug-likeness (QED) is 0.919. The van der Waals surface area contributed by atoms with Crippen molar-refractivity contribution in [3.63, 3.8) is 0 Å². The zero-order chi connectivity index (χ0) is 15.4. The predicted octanol–water partition coefficient (Wildman–Crippen LogP) is 3.25. The molecule has 0 saturated carbocycles. The van der Waals surface area contributed by atoms with Gasteiger partial charge in [0.1, 0.15) is 6.61 Å². The molecule has 0 amide bonds. The Balaban J connectivity index is 2.24. The summed E-state index contributed by atoms with van der Waals surface area (Å²) >= 11 is 0. The van der Waals surface area contributed by atoms with Crippen LogP contribution < -0.4 is 9.47 Å². The molecule has 1 N–H and O–H groups in total. The number of carboxylic acid groups (broad SMARTS) is 1. The van der Waals surface area contributed by atoms with E-state index in [1.54, 1.807) is 0 Å². The van der Waals surface area contributed by atoms with Crippen molar-refractivity contribution >= 4 is 5.97 Å². The van der Waals surface area contributed by atoms with Crippen molar-refractivity contribution in [2.24, 2.45) is 0 Å². The van der Waals surface area contributed by atoms with E-state index in [-0.39, 0.29) is 23.5 Å². The molecule has 0 aliphatic heterocycles. The molecule has 2 aromatic rings. The third-order valence-electron chi connectivity index (χ3n) is 2.83. The van der Waals surface area contributed by atoms with Crippen LogP contribution in [0.25, 0.3) is 0 Å². The number of hydrogen-bond acceptors (Lipinski definition) is 3. The van der Waals surface area contributed by atoms with E-state index < -0.39 is 17.6 Å². The minimum absolute atomic E-state index is 0.00511. The Hall–Kier alpha value is -2.63. The molecule has 0 spiro atoms. The monoisotopic (exact) mass is 294 g/mol. The zero-order valence-electron chi connectivity index (χ0n) is 11.1. The molecule has 0 saturated heterocycles. The fourth-order valence-electron chi connectivity index (χ4n) is 1.74. The molecule has 0 atom stereocenters. The summed E-state index contributed by atoms with van der Waals surface area (Å²) < 4.78 is 37.0. The zero-order valence-corrected chi connectivity index (χ0v) is 11.1. The van der Waals surface area contributed by atoms with Crippen molar-refractivity contribution < 1.29 is 28.2 Å². The summed E-state index contributed by atoms with van der Waals surface area (Å²) in [4.78, 5) is 10.9. The Morgan fingerprint density at radius 1 is 1.19 bits per heavy atom. The molecule has 2 aromatic carbocycles. The first-order valence-corrected chi connectivity index (χ1v) is 6.00. The van der Waals surface area contributed by atoms with Gasteiger partial charge in [-0.25, -0.2) is 13.6 Å². The molecule has 21 heavy (non-hydrogen) atoms. The van der Waals surface area contributed by atoms with Gasteiger partial charge in [0.15, 0.2) is 23.1 Å². The van der Waals surface area contributed by atoms with Gasteiger partial charge in [0.25, 0.3) is 0 Å². The molecule has 6 heteroatoms. The molecule has 0 radical (unpaired) electrons. The summed E-state index contributed by atoms with van der Waals surface area (Å²) in [5.74, 6) is -2.65. The van der Waals surface area contributed by atoms with Gasteiger partial charge in [0.2, 0.25) is 0 Å². The van der Waals surface area contributed by atoms with Crippen LogP contribution in [-0.4, -0.2) is 18.2 Å². The number of aromatic carboxylic acids is 1. The number of benzene rings is 2. The highest BCUT2D eigenvalue weighted by Crippen LogP contribution is 2.29. The highest BCUT2D eigenvalue weighted by molar-refractivity contribution is 5.88. The second kappa shape index (κ2) is 6.21. The van der Waals surface area contributed by atoms with Gasteiger partial charge in [-0.05, 0) is 24.3 Å². The summed E-state index contributed by atoms with van der Waals surface area (Å²) in [7, 11) is 1.39. The van der Waals surface area contributed by atoms with Gasteiger partial charge < -0.3 is 14.6 Å². The molecule has 0 bridgehead atoms. The maximum atomic E-state index is 13.5. The van der Waals surface area contributed by atoms with E-state index in [0.717, 1.165) is 6.07 Å². The third-order valence-corrected chi connectivity index (χ3v) is 2.83. The average molecular weight is 294 g/mol. The fourth-order valence-corrected chi connectivity index (χ4v) is 1.74. The normalized spacial score (nSPS) is 10.2. The van der Waals surface area contributed by atoms with E-state index in [2.05, 4.69) is 0 Å². The second-order valence-corrected chi connectivity index (χ2v) is 4.17. The maximum Gasteiger partial charge on any atom is 0.335 e. The topological polar surface area (TPSA) is 55.8 Å². The van der Waals surface area contributed by atoms with Crippen LogP contribution in [0, 0.1) is 11.6 Å². The van der Waals surface area contributed by atoms with Gasteiger partial charge in [-0.3, -0.25) is 0 Å². The number of carbonyl (C=O) groups is 1. The Kier molecular flexibility index (Phi) is 4.37. The Morgan fingerprint density at radius 2 is 1.95 bits per heavy atom. The van der Waals surface area contributed by atoms with E-state index in [4.69, 9.17) is 14.6 Å². The van der Waals surface area contributed by atoms with E-state index in [1.807, 2.05) is 0 Å². The minimum Gasteiger partial charge on any atom is -0.493 e. The summed E-state index contributed by atoms with van der Waals surface area (Å²) in [6.45, 7) is -0.247. The highest BCUT2D eigenvalue weighted by atomic mass is 19.2. The minimum atomic E-state index is -1.13. The molecule has 2 rings (SSSR count). The van der Waals surface area contributed by atoms with Crippen molar-refractivity contribution in [1.29, 1.82) is 0 Å². The van der Waals surface area contributed by atoms with Gasteiger partial charge in [-0.15, -0.1) is 0 Å². The van der Waals surface area contributed by atoms with Gasteiger partial charge in [0.05, 0.1) is 12.7 Å². The first-order chi connectivity index (χ1) is 10.0. The molecule has 0 aromatic heterocycles. The van der Waals surface area contributed by atoms with E-state index in [9.17, 15) is 13.6 Å². The van der Waals surface area contributed by atoms with Crippen LogP contribution in [0.2, 0.25) is 0 Å². The van der Waals surface area contributed by atoms with Crippen molar-refractivity contribution in [3.05, 3.63) is 59.2 Å². The molecular formula is C15H12F2O4. The van der Waals surface area contributed by atoms with E-state index >= 15 is 0 Å². The Bertz CT molecular complexity index is 671. The standard InChI is InChI=1S/C15H12F2O4/c1-20-12-6-5-9(15(18)19)7-13(12)21-8-10-3-2-4-11(16)14(10)17/h2-7H,8H2,1H3,(H,18,19). The molecule has 0 heterocycles. The van der Waals surface area contributed by atoms with E-state index in [1.165, 1.54) is 37.4 Å². The highest BCUT2D eigenvalue weighted by Gasteiger charge is 2.12. The molecule has 0 aliphatic rings. The second-order valence-electron chi connectivity index (χ2n) is 4.17. The Labute approximate surface area is 119 Å². The van der Waals surface area contributed by atoms with Gasteiger partial charge in [-0.1, -0.05) is 12.1 Å². The van der Waals surface area contributed by atoms with Crippen LogP contribution in [0.3, 0.4) is 0 Å². The first-order valence-electron chi connectivity index (χ1n) is 6.00. The fraction of sp³-hybridized carbons (Fsp3) is 0.133. The number of ether oxygens (including phenoxy) is 2. The third kappa shape index (κ3) is 3.28. The van der Waals surface area contributed by atoms with Gasteiger partial charge in [-0.2, -0.15) is 0 Å². The van der Waals surface area contributed by atoms with Crippen molar-refractivity contribution in [2.75, 3.05) is 7.11 Å². The van der Waals surface area contributed by atoms with Crippen LogP contribution in [0.1, 0.15) is 15.9 Å². The number of halogens is 2. The molecule has 110 valence electrons. The van der Waals surface area contributed by atoms with Crippen LogP contribution in [-0.2, 0) is 6.61 Å². The van der Waals surface area contributed by atoms with Crippen molar-refractivity contribution in [1.82, 2.24) is 0 Å². The lowest BCUT2D eigenvalue weighted by Gasteiger charge is -2.12. The lowest BCUT2D eigenvalue weighted by molar-refractivity contribution is 0.0696. The van der Waals surface area contributed by atoms with Crippen LogP contribution >= 0.6 is 0 Å². The largest absolute Gasteiger partial charge is 0.493 e. The molecule has 0 fully saturated rings. The Morgan fingerprint density at radius 3 is 2.62 bits per heavy atom. The lowest BCUT2D eigenvalue weighted by Crippen LogP contribution is -2.03. The molecule has 0 aliphatic carbocycles. The lowest BCUT2D eigenvalue weighted by atomic mass is 10.2. The summed E-state index contributed by atoms with van der Waals surface area (Å²) in [6.07, 6.45) is 0. The number of carboxylic acids is 1. The van der Waals surface area contributed by atoms with Crippen LogP contribution in [0.5, 0.6) is 11.5 Å². The van der Waals surface area contributed by atoms with Crippen LogP contribution in [0.15, 0.2) is 36.4 Å². The van der Waals surface area contributed by atoms with Gasteiger partial charge in [0, 0.05) is 5.56 Å².